The predicted octanol–water partition coefficient (Wildman–Crippen LogP) is 3.51. The summed E-state index contributed by atoms with van der Waals surface area (Å²) in [5.74, 6) is -0.0240. The minimum atomic E-state index is -0.606. The molecule has 1 aromatic carbocycles. The van der Waals surface area contributed by atoms with E-state index in [2.05, 4.69) is 13.0 Å². The maximum absolute atomic E-state index is 12.1. The van der Waals surface area contributed by atoms with E-state index in [9.17, 15) is 14.7 Å². The predicted molar refractivity (Wildman–Crippen MR) is 95.1 cm³/mol. The highest BCUT2D eigenvalue weighted by Crippen LogP contribution is 2.43. The van der Waals surface area contributed by atoms with E-state index < -0.39 is 5.60 Å². The van der Waals surface area contributed by atoms with Gasteiger partial charge in [-0.25, -0.2) is 0 Å². The molecule has 1 saturated heterocycles. The van der Waals surface area contributed by atoms with Gasteiger partial charge in [0, 0.05) is 6.42 Å². The number of ether oxygens (including phenoxy) is 1. The lowest BCUT2D eigenvalue weighted by atomic mass is 9.76. The number of rotatable bonds is 6. The van der Waals surface area contributed by atoms with Crippen LogP contribution in [-0.4, -0.2) is 22.5 Å². The first-order chi connectivity index (χ1) is 12.1. The van der Waals surface area contributed by atoms with Crippen LogP contribution in [0.25, 0.3) is 0 Å². The molecule has 1 aliphatic heterocycles. The van der Waals surface area contributed by atoms with Gasteiger partial charge in [-0.3, -0.25) is 9.59 Å². The molecule has 0 spiro atoms. The first kappa shape index (κ1) is 18.1. The van der Waals surface area contributed by atoms with Crippen molar-refractivity contribution in [3.05, 3.63) is 34.9 Å². The lowest BCUT2D eigenvalue weighted by Crippen LogP contribution is -2.48. The van der Waals surface area contributed by atoms with E-state index in [1.807, 2.05) is 12.1 Å². The molecule has 1 unspecified atom stereocenters. The molecule has 136 valence electrons. The van der Waals surface area contributed by atoms with Crippen molar-refractivity contribution in [3.8, 4) is 0 Å². The van der Waals surface area contributed by atoms with Crippen LogP contribution < -0.4 is 0 Å². The molecule has 0 bridgehead atoms. The molecule has 25 heavy (non-hydrogen) atoms. The van der Waals surface area contributed by atoms with Gasteiger partial charge >= 0.3 is 5.97 Å². The quantitative estimate of drug-likeness (QED) is 0.633. The van der Waals surface area contributed by atoms with Crippen molar-refractivity contribution in [2.45, 2.75) is 76.9 Å². The lowest BCUT2D eigenvalue weighted by molar-refractivity contribution is -0.178. The first-order valence-corrected chi connectivity index (χ1v) is 9.51. The second kappa shape index (κ2) is 7.69. The van der Waals surface area contributed by atoms with Gasteiger partial charge in [-0.05, 0) is 54.7 Å². The van der Waals surface area contributed by atoms with Gasteiger partial charge in [0.05, 0.1) is 6.61 Å². The Balaban J connectivity index is 1.79. The molecule has 2 aliphatic rings. The molecule has 0 aromatic heterocycles. The second-order valence-corrected chi connectivity index (χ2v) is 7.53. The van der Waals surface area contributed by atoms with Gasteiger partial charge < -0.3 is 9.84 Å². The zero-order chi connectivity index (χ0) is 17.9. The molecule has 1 aliphatic carbocycles. The van der Waals surface area contributed by atoms with Crippen LogP contribution in [0.3, 0.4) is 0 Å². The van der Waals surface area contributed by atoms with Crippen LogP contribution >= 0.6 is 0 Å². The van der Waals surface area contributed by atoms with Crippen LogP contribution in [0.1, 0.15) is 68.6 Å². The van der Waals surface area contributed by atoms with Crippen molar-refractivity contribution in [2.75, 3.05) is 0 Å². The summed E-state index contributed by atoms with van der Waals surface area (Å²) in [7, 11) is 0. The summed E-state index contributed by atoms with van der Waals surface area (Å²) >= 11 is 0. The number of aryl methyl sites for hydroxylation is 2. The third-order valence-corrected chi connectivity index (χ3v) is 5.91. The monoisotopic (exact) mass is 344 g/mol. The molecular formula is C21H28O4. The zero-order valence-electron chi connectivity index (χ0n) is 15.1. The molecule has 3 rings (SSSR count). The van der Waals surface area contributed by atoms with Gasteiger partial charge in [0.25, 0.3) is 0 Å². The Bertz CT molecular complexity index is 627. The molecular weight excluding hydrogens is 316 g/mol. The smallest absolute Gasteiger partial charge is 0.313 e. The zero-order valence-corrected chi connectivity index (χ0v) is 15.1. The van der Waals surface area contributed by atoms with Crippen LogP contribution in [0.15, 0.2) is 18.2 Å². The number of hydrogen-bond donors (Lipinski definition) is 1. The van der Waals surface area contributed by atoms with Gasteiger partial charge in [0.1, 0.15) is 17.8 Å². The van der Waals surface area contributed by atoms with Crippen molar-refractivity contribution >= 4 is 11.8 Å². The lowest BCUT2D eigenvalue weighted by Gasteiger charge is -2.41. The van der Waals surface area contributed by atoms with Crippen molar-refractivity contribution in [2.24, 2.45) is 5.92 Å². The van der Waals surface area contributed by atoms with Crippen molar-refractivity contribution in [1.82, 2.24) is 0 Å². The largest absolute Gasteiger partial charge is 0.458 e. The van der Waals surface area contributed by atoms with Crippen molar-refractivity contribution < 1.29 is 19.4 Å². The molecule has 1 heterocycles. The standard InChI is InChI=1S/C21H28O4/c1-2-16-11-15(7-8-17(16)14-22)9-10-21(18-5-3-4-6-18)13-19(23)12-20(24)25-21/h7-8,11,18,22H,2-6,9-10,12-14H2,1H3. The third kappa shape index (κ3) is 3.95. The minimum absolute atomic E-state index is 0.0213. The normalized spacial score (nSPS) is 24.6. The number of carbonyl (C=O) groups excluding carboxylic acids is 2. The minimum Gasteiger partial charge on any atom is -0.458 e. The maximum Gasteiger partial charge on any atom is 0.313 e. The maximum atomic E-state index is 12.1. The fourth-order valence-electron chi connectivity index (χ4n) is 4.55. The SMILES string of the molecule is CCc1cc(CCC2(C3CCCC3)CC(=O)CC(=O)O2)ccc1CO. The fourth-order valence-corrected chi connectivity index (χ4v) is 4.55. The van der Waals surface area contributed by atoms with Gasteiger partial charge in [0.15, 0.2) is 0 Å². The van der Waals surface area contributed by atoms with Crippen LogP contribution in [0.5, 0.6) is 0 Å². The third-order valence-electron chi connectivity index (χ3n) is 5.91. The average Bonchev–Trinajstić information content (AvgIpc) is 3.14. The molecule has 1 aromatic rings. The number of ketones is 1. The fraction of sp³-hybridized carbons (Fsp3) is 0.619. The Labute approximate surface area is 149 Å². The molecule has 1 atom stereocenters. The van der Waals surface area contributed by atoms with Gasteiger partial charge in [-0.15, -0.1) is 0 Å². The van der Waals surface area contributed by atoms with Gasteiger partial charge in [-0.1, -0.05) is 38.0 Å². The average molecular weight is 344 g/mol. The Morgan fingerprint density at radius 3 is 2.60 bits per heavy atom. The summed E-state index contributed by atoms with van der Waals surface area (Å²) in [6, 6.07) is 6.16. The Morgan fingerprint density at radius 2 is 1.96 bits per heavy atom. The number of hydrogen-bond acceptors (Lipinski definition) is 4. The second-order valence-electron chi connectivity index (χ2n) is 7.53. The Kier molecular flexibility index (Phi) is 5.57. The number of benzene rings is 1. The number of esters is 1. The highest BCUT2D eigenvalue weighted by molar-refractivity contribution is 5.98. The molecule has 1 N–H and O–H groups in total. The first-order valence-electron chi connectivity index (χ1n) is 9.51. The van der Waals surface area contributed by atoms with E-state index in [-0.39, 0.29) is 24.8 Å². The highest BCUT2D eigenvalue weighted by atomic mass is 16.6. The number of carbonyl (C=O) groups is 2. The summed E-state index contributed by atoms with van der Waals surface area (Å²) in [5.41, 5.74) is 2.70. The van der Waals surface area contributed by atoms with Crippen molar-refractivity contribution in [1.29, 1.82) is 0 Å². The topological polar surface area (TPSA) is 63.6 Å². The van der Waals surface area contributed by atoms with Crippen LogP contribution in [-0.2, 0) is 33.8 Å². The van der Waals surface area contributed by atoms with Crippen molar-refractivity contribution in [3.63, 3.8) is 0 Å². The molecule has 4 nitrogen and oxygen atoms in total. The molecule has 1 saturated carbocycles. The number of aliphatic hydroxyl groups excluding tert-OH is 1. The number of cyclic esters (lactones) is 1. The Morgan fingerprint density at radius 1 is 1.20 bits per heavy atom. The summed E-state index contributed by atoms with van der Waals surface area (Å²) in [4.78, 5) is 24.1. The van der Waals surface area contributed by atoms with Crippen LogP contribution in [0, 0.1) is 5.92 Å². The van der Waals surface area contributed by atoms with E-state index in [1.54, 1.807) is 0 Å². The van der Waals surface area contributed by atoms with E-state index in [0.29, 0.717) is 18.8 Å². The molecule has 0 amide bonds. The Hall–Kier alpha value is -1.68. The summed E-state index contributed by atoms with van der Waals surface area (Å²) in [5, 5.41) is 9.42. The van der Waals surface area contributed by atoms with Gasteiger partial charge in [-0.2, -0.15) is 0 Å². The molecule has 4 heteroatoms. The van der Waals surface area contributed by atoms with E-state index in [0.717, 1.165) is 49.7 Å². The summed E-state index contributed by atoms with van der Waals surface area (Å²) in [6.07, 6.45) is 7.08. The molecule has 2 fully saturated rings. The van der Waals surface area contributed by atoms with E-state index in [4.69, 9.17) is 4.74 Å². The number of aliphatic hydroxyl groups is 1. The van der Waals surface area contributed by atoms with Crippen LogP contribution in [0.4, 0.5) is 0 Å². The summed E-state index contributed by atoms with van der Waals surface area (Å²) < 4.78 is 5.85. The molecule has 0 radical (unpaired) electrons. The van der Waals surface area contributed by atoms with E-state index in [1.165, 1.54) is 5.56 Å². The van der Waals surface area contributed by atoms with Crippen LogP contribution in [0.2, 0.25) is 0 Å². The van der Waals surface area contributed by atoms with E-state index >= 15 is 0 Å². The highest BCUT2D eigenvalue weighted by Gasteiger charge is 2.47. The van der Waals surface area contributed by atoms with Gasteiger partial charge in [0.2, 0.25) is 0 Å². The number of Topliss-reactive ketones (excluding diaryl/α,β-unsaturated/α-hetero) is 1. The summed E-state index contributed by atoms with van der Waals surface area (Å²) in [6.45, 7) is 2.14.